The smallest absolute Gasteiger partial charge is 0.255 e. The Kier molecular flexibility index (Phi) is 3.31. The molecule has 0 aliphatic carbocycles. The van der Waals surface area contributed by atoms with Crippen LogP contribution in [0, 0.1) is 6.92 Å². The Morgan fingerprint density at radius 3 is 2.86 bits per heavy atom. The van der Waals surface area contributed by atoms with E-state index in [1.165, 1.54) is 0 Å². The van der Waals surface area contributed by atoms with Crippen molar-refractivity contribution < 1.29 is 9.90 Å². The maximum Gasteiger partial charge on any atom is 0.255 e. The highest BCUT2D eigenvalue weighted by Gasteiger charge is 2.13. The number of phenolic OH excluding ortho intramolecular Hbond substituents is 1. The molecule has 5 heteroatoms. The number of aromatic hydroxyl groups is 1. The summed E-state index contributed by atoms with van der Waals surface area (Å²) in [6, 6.07) is 10.9. The van der Waals surface area contributed by atoms with Crippen molar-refractivity contribution in [3.05, 3.63) is 59.4 Å². The minimum absolute atomic E-state index is 0.00881. The number of fused-ring (bicyclic) bond motifs is 1. The van der Waals surface area contributed by atoms with Crippen LogP contribution in [0.3, 0.4) is 0 Å². The van der Waals surface area contributed by atoms with Gasteiger partial charge in [0.05, 0.1) is 11.8 Å². The highest BCUT2D eigenvalue weighted by molar-refractivity contribution is 6.03. The summed E-state index contributed by atoms with van der Waals surface area (Å²) in [7, 11) is 0. The maximum atomic E-state index is 12.2. The number of carbonyl (C=O) groups is 1. The molecule has 3 N–H and O–H groups in total. The molecule has 2 aromatic carbocycles. The van der Waals surface area contributed by atoms with E-state index in [9.17, 15) is 9.90 Å². The van der Waals surface area contributed by atoms with Crippen molar-refractivity contribution in [2.45, 2.75) is 13.5 Å². The molecule has 0 unspecified atom stereocenters. The molecule has 0 aliphatic heterocycles. The van der Waals surface area contributed by atoms with Gasteiger partial charge in [-0.15, -0.1) is 0 Å². The fraction of sp³-hybridized carbons (Fsp3) is 0.125. The Hall–Kier alpha value is -2.82. The third kappa shape index (κ3) is 2.45. The molecule has 0 fully saturated rings. The Morgan fingerprint density at radius 2 is 2.10 bits per heavy atom. The van der Waals surface area contributed by atoms with Gasteiger partial charge in [-0.1, -0.05) is 30.3 Å². The summed E-state index contributed by atoms with van der Waals surface area (Å²) in [5.74, 6) is -0.298. The third-order valence-electron chi connectivity index (χ3n) is 3.52. The largest absolute Gasteiger partial charge is 0.506 e. The van der Waals surface area contributed by atoms with Gasteiger partial charge < -0.3 is 10.4 Å². The number of aryl methyl sites for hydroxylation is 1. The fourth-order valence-corrected chi connectivity index (χ4v) is 2.26. The molecule has 0 saturated heterocycles. The quantitative estimate of drug-likeness (QED) is 0.690. The van der Waals surface area contributed by atoms with Crippen molar-refractivity contribution in [2.24, 2.45) is 0 Å². The summed E-state index contributed by atoms with van der Waals surface area (Å²) in [4.78, 5) is 12.2. The third-order valence-corrected chi connectivity index (χ3v) is 3.52. The number of carbonyl (C=O) groups excluding carboxylic acids is 1. The molecule has 1 amide bonds. The van der Waals surface area contributed by atoms with E-state index in [4.69, 9.17) is 0 Å². The normalized spacial score (nSPS) is 10.7. The predicted molar refractivity (Wildman–Crippen MR) is 80.1 cm³/mol. The summed E-state index contributed by atoms with van der Waals surface area (Å²) < 4.78 is 0. The molecule has 0 atom stereocenters. The van der Waals surface area contributed by atoms with Gasteiger partial charge in [0.2, 0.25) is 0 Å². The molecule has 21 heavy (non-hydrogen) atoms. The van der Waals surface area contributed by atoms with Crippen LogP contribution >= 0.6 is 0 Å². The molecule has 0 aliphatic rings. The second kappa shape index (κ2) is 5.28. The van der Waals surface area contributed by atoms with Crippen LogP contribution in [-0.2, 0) is 6.54 Å². The number of hydrogen-bond donors (Lipinski definition) is 3. The SMILES string of the molecule is Cc1[nH]ncc1CNC(=O)c1ccc2ccccc2c1O. The average Bonchev–Trinajstić information content (AvgIpc) is 2.91. The van der Waals surface area contributed by atoms with Crippen molar-refractivity contribution in [1.82, 2.24) is 15.5 Å². The number of rotatable bonds is 3. The van der Waals surface area contributed by atoms with Crippen molar-refractivity contribution in [2.75, 3.05) is 0 Å². The van der Waals surface area contributed by atoms with Crippen LogP contribution in [-0.4, -0.2) is 21.2 Å². The number of hydrogen-bond acceptors (Lipinski definition) is 3. The van der Waals surface area contributed by atoms with E-state index >= 15 is 0 Å². The summed E-state index contributed by atoms with van der Waals surface area (Å²) in [6.07, 6.45) is 1.68. The van der Waals surface area contributed by atoms with E-state index < -0.39 is 0 Å². The second-order valence-corrected chi connectivity index (χ2v) is 4.89. The minimum Gasteiger partial charge on any atom is -0.506 e. The van der Waals surface area contributed by atoms with Crippen molar-refractivity contribution in [3.63, 3.8) is 0 Å². The number of amides is 1. The number of H-pyrrole nitrogens is 1. The first kappa shape index (κ1) is 13.2. The number of aromatic nitrogens is 2. The highest BCUT2D eigenvalue weighted by atomic mass is 16.3. The zero-order chi connectivity index (χ0) is 14.8. The molecule has 3 rings (SSSR count). The van der Waals surface area contributed by atoms with E-state index in [1.54, 1.807) is 18.3 Å². The Balaban J connectivity index is 1.85. The lowest BCUT2D eigenvalue weighted by Crippen LogP contribution is -2.23. The lowest BCUT2D eigenvalue weighted by Gasteiger charge is -2.08. The molecule has 0 saturated carbocycles. The highest BCUT2D eigenvalue weighted by Crippen LogP contribution is 2.28. The van der Waals surface area contributed by atoms with Crippen molar-refractivity contribution in [3.8, 4) is 5.75 Å². The molecule has 0 bridgehead atoms. The number of nitrogens with one attached hydrogen (secondary N) is 2. The van der Waals surface area contributed by atoms with Crippen LogP contribution in [0.5, 0.6) is 5.75 Å². The topological polar surface area (TPSA) is 78.0 Å². The van der Waals surface area contributed by atoms with E-state index in [0.717, 1.165) is 16.6 Å². The Morgan fingerprint density at radius 1 is 1.29 bits per heavy atom. The first-order valence-electron chi connectivity index (χ1n) is 6.64. The van der Waals surface area contributed by atoms with Crippen LogP contribution in [0.15, 0.2) is 42.6 Å². The second-order valence-electron chi connectivity index (χ2n) is 4.89. The van der Waals surface area contributed by atoms with Gasteiger partial charge in [-0.25, -0.2) is 0 Å². The number of phenols is 1. The van der Waals surface area contributed by atoms with Crippen LogP contribution in [0.1, 0.15) is 21.6 Å². The summed E-state index contributed by atoms with van der Waals surface area (Å²) in [6.45, 7) is 2.26. The summed E-state index contributed by atoms with van der Waals surface area (Å²) in [5.41, 5.74) is 2.11. The molecule has 3 aromatic rings. The van der Waals surface area contributed by atoms with Gasteiger partial charge in [0.15, 0.2) is 0 Å². The van der Waals surface area contributed by atoms with Gasteiger partial charge >= 0.3 is 0 Å². The molecule has 106 valence electrons. The number of nitrogens with zero attached hydrogens (tertiary/aromatic N) is 1. The van der Waals surface area contributed by atoms with Gasteiger partial charge in [0.1, 0.15) is 5.75 Å². The molecule has 0 radical (unpaired) electrons. The van der Waals surface area contributed by atoms with E-state index in [2.05, 4.69) is 15.5 Å². The van der Waals surface area contributed by atoms with E-state index in [0.29, 0.717) is 11.9 Å². The molecule has 5 nitrogen and oxygen atoms in total. The first-order chi connectivity index (χ1) is 10.2. The van der Waals surface area contributed by atoms with Gasteiger partial charge in [0.25, 0.3) is 5.91 Å². The van der Waals surface area contributed by atoms with Gasteiger partial charge in [-0.2, -0.15) is 5.10 Å². The standard InChI is InChI=1S/C16H15N3O2/c1-10-12(9-18-19-10)8-17-16(21)14-7-6-11-4-2-3-5-13(11)15(14)20/h2-7,9,20H,8H2,1H3,(H,17,21)(H,18,19). The van der Waals surface area contributed by atoms with Crippen LogP contribution < -0.4 is 5.32 Å². The molecular formula is C16H15N3O2. The van der Waals surface area contributed by atoms with Gasteiger partial charge in [0, 0.05) is 23.2 Å². The van der Waals surface area contributed by atoms with Gasteiger partial charge in [-0.3, -0.25) is 9.89 Å². The van der Waals surface area contributed by atoms with E-state index in [-0.39, 0.29) is 17.2 Å². The Bertz CT molecular complexity index is 808. The predicted octanol–water partition coefficient (Wildman–Crippen LogP) is 2.51. The van der Waals surface area contributed by atoms with E-state index in [1.807, 2.05) is 31.2 Å². The number of benzene rings is 2. The molecule has 1 aromatic heterocycles. The summed E-state index contributed by atoms with van der Waals surface area (Å²) in [5, 5.41) is 21.3. The fourth-order valence-electron chi connectivity index (χ4n) is 2.26. The van der Waals surface area contributed by atoms with Gasteiger partial charge in [-0.05, 0) is 18.4 Å². The number of aromatic amines is 1. The average molecular weight is 281 g/mol. The monoisotopic (exact) mass is 281 g/mol. The van der Waals surface area contributed by atoms with Crippen LogP contribution in [0.2, 0.25) is 0 Å². The zero-order valence-electron chi connectivity index (χ0n) is 11.6. The Labute approximate surface area is 121 Å². The van der Waals surface area contributed by atoms with Crippen LogP contribution in [0.25, 0.3) is 10.8 Å². The van der Waals surface area contributed by atoms with Crippen molar-refractivity contribution >= 4 is 16.7 Å². The minimum atomic E-state index is -0.307. The molecule has 1 heterocycles. The molecular weight excluding hydrogens is 266 g/mol. The lowest BCUT2D eigenvalue weighted by molar-refractivity contribution is 0.0948. The van der Waals surface area contributed by atoms with Crippen LogP contribution in [0.4, 0.5) is 0 Å². The molecule has 0 spiro atoms. The maximum absolute atomic E-state index is 12.2. The first-order valence-corrected chi connectivity index (χ1v) is 6.64. The van der Waals surface area contributed by atoms with Crippen molar-refractivity contribution in [1.29, 1.82) is 0 Å². The lowest BCUT2D eigenvalue weighted by atomic mass is 10.0. The summed E-state index contributed by atoms with van der Waals surface area (Å²) >= 11 is 0. The zero-order valence-corrected chi connectivity index (χ0v) is 11.6.